The number of rotatable bonds is 6. The third kappa shape index (κ3) is 4.79. The Bertz CT molecular complexity index is 1740. The summed E-state index contributed by atoms with van der Waals surface area (Å²) in [4.78, 5) is 55.3. The van der Waals surface area contributed by atoms with Gasteiger partial charge in [-0.1, -0.05) is 59.0 Å². The lowest BCUT2D eigenvalue weighted by atomic mass is 9.83. The number of hydrogen-bond acceptors (Lipinski definition) is 8. The molecule has 1 saturated heterocycles. The van der Waals surface area contributed by atoms with Crippen molar-refractivity contribution in [2.45, 2.75) is 22.7 Å². The number of phenols is 1. The first kappa shape index (κ1) is 27.1. The number of fused-ring (bicyclic) bond motifs is 2. The quantitative estimate of drug-likeness (QED) is 0.305. The fraction of sp³-hybridized carbons (Fsp3) is 0.172. The van der Waals surface area contributed by atoms with Gasteiger partial charge in [0.1, 0.15) is 11.8 Å². The molecule has 208 valence electrons. The first-order valence-electron chi connectivity index (χ1n) is 12.5. The van der Waals surface area contributed by atoms with Crippen LogP contribution in [0.3, 0.4) is 0 Å². The minimum Gasteiger partial charge on any atom is -0.504 e. The number of phenolic OH excluding ortho intramolecular Hbond substituents is 1. The van der Waals surface area contributed by atoms with E-state index in [9.17, 15) is 24.3 Å². The molecular formula is C29H22ClN3O6S2. The van der Waals surface area contributed by atoms with Crippen molar-refractivity contribution >= 4 is 63.8 Å². The van der Waals surface area contributed by atoms with Crippen LogP contribution in [0.15, 0.2) is 82.6 Å². The third-order valence-corrected chi connectivity index (χ3v) is 9.91. The number of nitrogens with zero attached hydrogens (tertiary/aromatic N) is 2. The van der Waals surface area contributed by atoms with Gasteiger partial charge in [0.25, 0.3) is 0 Å². The van der Waals surface area contributed by atoms with Crippen LogP contribution in [-0.4, -0.2) is 39.8 Å². The zero-order valence-electron chi connectivity index (χ0n) is 21.4. The number of hydrogen-bond donors (Lipinski definition) is 2. The van der Waals surface area contributed by atoms with E-state index in [2.05, 4.69) is 5.32 Å². The second-order valence-electron chi connectivity index (χ2n) is 9.50. The summed E-state index contributed by atoms with van der Waals surface area (Å²) in [5, 5.41) is 13.1. The average Bonchev–Trinajstić information content (AvgIpc) is 3.40. The largest absolute Gasteiger partial charge is 0.504 e. The van der Waals surface area contributed by atoms with Crippen LogP contribution in [0.1, 0.15) is 16.4 Å². The van der Waals surface area contributed by atoms with Gasteiger partial charge in [0.2, 0.25) is 17.7 Å². The van der Waals surface area contributed by atoms with Crippen molar-refractivity contribution in [2.75, 3.05) is 17.3 Å². The molecule has 4 aromatic rings. The highest BCUT2D eigenvalue weighted by Crippen LogP contribution is 2.54. The highest BCUT2D eigenvalue weighted by Gasteiger charge is 2.57. The van der Waals surface area contributed by atoms with Gasteiger partial charge >= 0.3 is 4.87 Å². The third-order valence-electron chi connectivity index (χ3n) is 7.06. The maximum absolute atomic E-state index is 14.0. The maximum Gasteiger partial charge on any atom is 0.308 e. The molecule has 6 rings (SSSR count). The minimum atomic E-state index is -0.854. The van der Waals surface area contributed by atoms with E-state index >= 15 is 0 Å². The van der Waals surface area contributed by atoms with Crippen LogP contribution in [0, 0.1) is 5.92 Å². The summed E-state index contributed by atoms with van der Waals surface area (Å²) in [6.07, 6.45) is 0. The number of halogens is 1. The Morgan fingerprint density at radius 1 is 1.02 bits per heavy atom. The second kappa shape index (κ2) is 10.7. The Morgan fingerprint density at radius 2 is 1.76 bits per heavy atom. The van der Waals surface area contributed by atoms with Gasteiger partial charge in [0.05, 0.1) is 23.7 Å². The molecule has 9 nitrogen and oxygen atoms in total. The number of amides is 3. The van der Waals surface area contributed by atoms with Crippen molar-refractivity contribution in [1.82, 2.24) is 4.57 Å². The summed E-state index contributed by atoms with van der Waals surface area (Å²) in [6.45, 7) is -0.265. The number of aromatic hydroxyl groups is 1. The SMILES string of the molecule is COc1cc([C@@H]2c3sc(=O)n(CC(=O)Nc4ccccc4)c3S[C@@H]3C(=O)N(c4ccc(Cl)cc4)C(=O)[C@H]23)ccc1O. The number of imide groups is 1. The van der Waals surface area contributed by atoms with Crippen molar-refractivity contribution in [3.05, 3.63) is 97.9 Å². The molecule has 3 atom stereocenters. The lowest BCUT2D eigenvalue weighted by molar-refractivity contribution is -0.122. The predicted octanol–water partition coefficient (Wildman–Crippen LogP) is 4.71. The molecule has 0 bridgehead atoms. The van der Waals surface area contributed by atoms with E-state index in [1.165, 1.54) is 17.7 Å². The molecule has 3 aromatic carbocycles. The van der Waals surface area contributed by atoms with E-state index in [0.717, 1.165) is 28.0 Å². The number of nitrogens with one attached hydrogen (secondary N) is 1. The zero-order valence-corrected chi connectivity index (χ0v) is 23.8. The Kier molecular flexibility index (Phi) is 7.10. The summed E-state index contributed by atoms with van der Waals surface area (Å²) in [7, 11) is 1.41. The number of thioether (sulfide) groups is 1. The van der Waals surface area contributed by atoms with Gasteiger partial charge in [-0.25, -0.2) is 4.90 Å². The van der Waals surface area contributed by atoms with Crippen molar-refractivity contribution in [1.29, 1.82) is 0 Å². The highest BCUT2D eigenvalue weighted by atomic mass is 35.5. The average molecular weight is 608 g/mol. The number of benzene rings is 3. The zero-order chi connectivity index (χ0) is 28.8. The Hall–Kier alpha value is -4.06. The van der Waals surface area contributed by atoms with E-state index in [4.69, 9.17) is 16.3 Å². The van der Waals surface area contributed by atoms with E-state index in [1.807, 2.05) is 6.07 Å². The lowest BCUT2D eigenvalue weighted by Crippen LogP contribution is -2.33. The molecule has 0 unspecified atom stereocenters. The number of thiazole rings is 1. The van der Waals surface area contributed by atoms with Gasteiger partial charge < -0.3 is 15.2 Å². The molecule has 12 heteroatoms. The molecule has 0 saturated carbocycles. The second-order valence-corrected chi connectivity index (χ2v) is 12.1. The summed E-state index contributed by atoms with van der Waals surface area (Å²) < 4.78 is 6.67. The van der Waals surface area contributed by atoms with Gasteiger partial charge in [-0.3, -0.25) is 23.7 Å². The van der Waals surface area contributed by atoms with Gasteiger partial charge in [-0.05, 0) is 54.1 Å². The minimum absolute atomic E-state index is 0.0850. The fourth-order valence-corrected chi connectivity index (χ4v) is 8.11. The van der Waals surface area contributed by atoms with E-state index in [-0.39, 0.29) is 22.9 Å². The topological polar surface area (TPSA) is 118 Å². The first-order chi connectivity index (χ1) is 19.8. The summed E-state index contributed by atoms with van der Waals surface area (Å²) >= 11 is 8.10. The maximum atomic E-state index is 14.0. The smallest absolute Gasteiger partial charge is 0.308 e. The summed E-state index contributed by atoms with van der Waals surface area (Å²) in [6, 6.07) is 20.0. The molecule has 2 N–H and O–H groups in total. The first-order valence-corrected chi connectivity index (χ1v) is 14.6. The van der Waals surface area contributed by atoms with Crippen molar-refractivity contribution in [2.24, 2.45) is 5.92 Å². The van der Waals surface area contributed by atoms with Crippen LogP contribution in [0.2, 0.25) is 5.02 Å². The van der Waals surface area contributed by atoms with Crippen LogP contribution in [0.5, 0.6) is 11.5 Å². The van der Waals surface area contributed by atoms with Crippen LogP contribution >= 0.6 is 34.7 Å². The molecule has 3 amide bonds. The number of aromatic nitrogens is 1. The number of anilines is 2. The lowest BCUT2D eigenvalue weighted by Gasteiger charge is -2.31. The molecule has 41 heavy (non-hydrogen) atoms. The summed E-state index contributed by atoms with van der Waals surface area (Å²) in [5.41, 5.74) is 1.58. The Morgan fingerprint density at radius 3 is 2.46 bits per heavy atom. The van der Waals surface area contributed by atoms with Crippen LogP contribution in [0.25, 0.3) is 0 Å². The molecule has 1 aromatic heterocycles. The molecular weight excluding hydrogens is 586 g/mol. The number of methoxy groups -OCH3 is 1. The van der Waals surface area contributed by atoms with Crippen LogP contribution < -0.4 is 19.8 Å². The monoisotopic (exact) mass is 607 g/mol. The van der Waals surface area contributed by atoms with Gasteiger partial charge in [0.15, 0.2) is 11.5 Å². The Labute approximate surface area is 247 Å². The summed E-state index contributed by atoms with van der Waals surface area (Å²) in [5.74, 6) is -2.66. The van der Waals surface area contributed by atoms with Gasteiger partial charge in [0, 0.05) is 21.5 Å². The number of carbonyl (C=O) groups excluding carboxylic acids is 3. The molecule has 0 spiro atoms. The molecule has 1 fully saturated rings. The molecule has 2 aliphatic heterocycles. The highest BCUT2D eigenvalue weighted by molar-refractivity contribution is 8.00. The standard InChI is InChI=1S/C29H22ClN3O6S2/c1-39-20-13-15(7-12-19(20)34)22-23-24(27(37)33(26(23)36)18-10-8-16(30)9-11-18)40-28-25(22)41-29(38)32(28)14-21(35)31-17-5-3-2-4-6-17/h2-13,22-24,34H,14H2,1H3,(H,31,35)/t22-,23+,24-/m0/s1. The van der Waals surface area contributed by atoms with Crippen LogP contribution in [0.4, 0.5) is 11.4 Å². The molecule has 2 aliphatic rings. The van der Waals surface area contributed by atoms with Gasteiger partial charge in [-0.15, -0.1) is 0 Å². The molecule has 0 aliphatic carbocycles. The molecule has 0 radical (unpaired) electrons. The Balaban J connectivity index is 1.44. The number of carbonyl (C=O) groups is 3. The van der Waals surface area contributed by atoms with Crippen LogP contribution in [-0.2, 0) is 20.9 Å². The van der Waals surface area contributed by atoms with Crippen molar-refractivity contribution in [3.8, 4) is 11.5 Å². The van der Waals surface area contributed by atoms with Crippen molar-refractivity contribution in [3.63, 3.8) is 0 Å². The van der Waals surface area contributed by atoms with E-state index < -0.39 is 34.8 Å². The molecule has 3 heterocycles. The number of ether oxygens (including phenoxy) is 1. The van der Waals surface area contributed by atoms with E-state index in [1.54, 1.807) is 60.7 Å². The fourth-order valence-electron chi connectivity index (χ4n) is 5.21. The normalized spacial score (nSPS) is 19.6. The predicted molar refractivity (Wildman–Crippen MR) is 157 cm³/mol. The van der Waals surface area contributed by atoms with Gasteiger partial charge in [-0.2, -0.15) is 0 Å². The van der Waals surface area contributed by atoms with Crippen molar-refractivity contribution < 1.29 is 24.2 Å². The van der Waals surface area contributed by atoms with E-state index in [0.29, 0.717) is 31.9 Å². The number of para-hydroxylation sites is 1.